The third-order valence-electron chi connectivity index (χ3n) is 3.20. The zero-order valence-corrected chi connectivity index (χ0v) is 15.5. The Bertz CT molecular complexity index is 808. The molecule has 0 heterocycles. The Morgan fingerprint density at radius 3 is 2.48 bits per heavy atom. The van der Waals surface area contributed by atoms with Crippen LogP contribution in [-0.4, -0.2) is 24.0 Å². The molecule has 0 saturated heterocycles. The van der Waals surface area contributed by atoms with Crippen molar-refractivity contribution in [1.82, 2.24) is 0 Å². The molecule has 2 aromatic carbocycles. The number of benzene rings is 2. The van der Waals surface area contributed by atoms with E-state index in [2.05, 4.69) is 21.2 Å². The van der Waals surface area contributed by atoms with Gasteiger partial charge in [0.1, 0.15) is 11.5 Å². The van der Waals surface area contributed by atoms with Crippen LogP contribution in [0.1, 0.15) is 24.2 Å². The van der Waals surface area contributed by atoms with Gasteiger partial charge in [-0.25, -0.2) is 0 Å². The van der Waals surface area contributed by atoms with Gasteiger partial charge in [0.15, 0.2) is 0 Å². The van der Waals surface area contributed by atoms with Gasteiger partial charge < -0.3 is 14.8 Å². The van der Waals surface area contributed by atoms with Crippen molar-refractivity contribution in [2.75, 3.05) is 12.4 Å². The number of anilines is 1. The first-order valence-electron chi connectivity index (χ1n) is 7.41. The summed E-state index contributed by atoms with van der Waals surface area (Å²) in [6.45, 7) is 3.82. The van der Waals surface area contributed by atoms with Crippen LogP contribution in [-0.2, 0) is 0 Å². The van der Waals surface area contributed by atoms with Gasteiger partial charge in [-0.3, -0.25) is 14.9 Å². The van der Waals surface area contributed by atoms with Gasteiger partial charge in [0, 0.05) is 11.6 Å². The van der Waals surface area contributed by atoms with Crippen molar-refractivity contribution < 1.29 is 19.2 Å². The van der Waals surface area contributed by atoms with Crippen LogP contribution in [0.5, 0.6) is 11.5 Å². The predicted molar refractivity (Wildman–Crippen MR) is 97.5 cm³/mol. The first kappa shape index (κ1) is 18.7. The maximum Gasteiger partial charge on any atom is 0.273 e. The summed E-state index contributed by atoms with van der Waals surface area (Å²) in [6.07, 6.45) is 0.0142. The summed E-state index contributed by atoms with van der Waals surface area (Å²) in [5, 5.41) is 13.5. The van der Waals surface area contributed by atoms with Crippen molar-refractivity contribution in [3.63, 3.8) is 0 Å². The summed E-state index contributed by atoms with van der Waals surface area (Å²) in [5.74, 6) is 0.477. The lowest BCUT2D eigenvalue weighted by Gasteiger charge is -2.13. The van der Waals surface area contributed by atoms with Crippen LogP contribution in [0.25, 0.3) is 0 Å². The second kappa shape index (κ2) is 7.98. The van der Waals surface area contributed by atoms with Crippen molar-refractivity contribution in [2.24, 2.45) is 0 Å². The van der Waals surface area contributed by atoms with E-state index < -0.39 is 4.92 Å². The van der Waals surface area contributed by atoms with Gasteiger partial charge in [-0.15, -0.1) is 0 Å². The van der Waals surface area contributed by atoms with Crippen molar-refractivity contribution >= 4 is 33.2 Å². The molecule has 0 atom stereocenters. The number of hydrogen-bond donors (Lipinski definition) is 1. The van der Waals surface area contributed by atoms with Gasteiger partial charge in [-0.2, -0.15) is 0 Å². The predicted octanol–water partition coefficient (Wildman–Crippen LogP) is 4.41. The van der Waals surface area contributed by atoms with Crippen LogP contribution in [0.4, 0.5) is 11.4 Å². The van der Waals surface area contributed by atoms with Gasteiger partial charge in [0.05, 0.1) is 34.4 Å². The molecule has 0 aromatic heterocycles. The molecule has 0 aliphatic carbocycles. The third kappa shape index (κ3) is 4.69. The minimum atomic E-state index is -0.529. The quantitative estimate of drug-likeness (QED) is 0.564. The lowest BCUT2D eigenvalue weighted by atomic mass is 10.2. The normalized spacial score (nSPS) is 10.4. The number of non-ortho nitro benzene ring substituents is 1. The van der Waals surface area contributed by atoms with Crippen LogP contribution < -0.4 is 14.8 Å². The van der Waals surface area contributed by atoms with Gasteiger partial charge in [-0.05, 0) is 54.0 Å². The average molecular weight is 409 g/mol. The highest BCUT2D eigenvalue weighted by Gasteiger charge is 2.15. The number of nitro benzene ring substituents is 1. The highest BCUT2D eigenvalue weighted by molar-refractivity contribution is 9.10. The molecular formula is C17H17BrN2O5. The molecule has 0 bridgehead atoms. The number of carbonyl (C=O) groups is 1. The second-order valence-electron chi connectivity index (χ2n) is 5.41. The molecule has 1 N–H and O–H groups in total. The summed E-state index contributed by atoms with van der Waals surface area (Å²) in [4.78, 5) is 22.7. The number of halogens is 1. The molecule has 2 rings (SSSR count). The third-order valence-corrected chi connectivity index (χ3v) is 3.82. The molecule has 25 heavy (non-hydrogen) atoms. The Morgan fingerprint density at radius 1 is 1.20 bits per heavy atom. The lowest BCUT2D eigenvalue weighted by molar-refractivity contribution is -0.384. The summed E-state index contributed by atoms with van der Waals surface area (Å²) < 4.78 is 11.4. The van der Waals surface area contributed by atoms with Gasteiger partial charge in [0.25, 0.3) is 11.6 Å². The molecule has 0 aliphatic rings. The van der Waals surface area contributed by atoms with Gasteiger partial charge in [-0.1, -0.05) is 0 Å². The smallest absolute Gasteiger partial charge is 0.273 e. The summed E-state index contributed by atoms with van der Waals surface area (Å²) in [6, 6.07) is 8.96. The fraction of sp³-hybridized carbons (Fsp3) is 0.235. The number of nitrogens with zero attached hydrogens (tertiary/aromatic N) is 1. The largest absolute Gasteiger partial charge is 0.494 e. The SMILES string of the molecule is COc1cc([N+](=O)[O-])ccc1NC(=O)c1ccc(OC(C)C)c(Br)c1. The highest BCUT2D eigenvalue weighted by atomic mass is 79.9. The Balaban J connectivity index is 2.22. The zero-order valence-electron chi connectivity index (χ0n) is 13.9. The van der Waals surface area contributed by atoms with Crippen molar-refractivity contribution in [3.8, 4) is 11.5 Å². The number of ether oxygens (including phenoxy) is 2. The first-order valence-corrected chi connectivity index (χ1v) is 8.21. The second-order valence-corrected chi connectivity index (χ2v) is 6.26. The van der Waals surface area contributed by atoms with Crippen LogP contribution in [0.2, 0.25) is 0 Å². The van der Waals surface area contributed by atoms with Gasteiger partial charge in [0.2, 0.25) is 0 Å². The maximum atomic E-state index is 12.4. The van der Waals surface area contributed by atoms with E-state index in [1.807, 2.05) is 13.8 Å². The molecular weight excluding hydrogens is 392 g/mol. The molecule has 0 saturated carbocycles. The molecule has 132 valence electrons. The number of hydrogen-bond acceptors (Lipinski definition) is 5. The van der Waals surface area contributed by atoms with E-state index in [1.165, 1.54) is 25.3 Å². The average Bonchev–Trinajstić information content (AvgIpc) is 2.56. The van der Waals surface area contributed by atoms with E-state index in [0.717, 1.165) is 0 Å². The van der Waals surface area contributed by atoms with E-state index in [4.69, 9.17) is 9.47 Å². The molecule has 2 aromatic rings. The van der Waals surface area contributed by atoms with Crippen molar-refractivity contribution in [3.05, 3.63) is 56.5 Å². The molecule has 7 nitrogen and oxygen atoms in total. The first-order chi connectivity index (χ1) is 11.8. The zero-order chi connectivity index (χ0) is 18.6. The number of methoxy groups -OCH3 is 1. The van der Waals surface area contributed by atoms with E-state index >= 15 is 0 Å². The number of amides is 1. The minimum Gasteiger partial charge on any atom is -0.494 e. The van der Waals surface area contributed by atoms with Crippen molar-refractivity contribution in [2.45, 2.75) is 20.0 Å². The van der Waals surface area contributed by atoms with E-state index in [-0.39, 0.29) is 23.4 Å². The molecule has 0 spiro atoms. The number of nitro groups is 1. The Hall–Kier alpha value is -2.61. The van der Waals surface area contributed by atoms with Gasteiger partial charge >= 0.3 is 0 Å². The summed E-state index contributed by atoms with van der Waals surface area (Å²) in [7, 11) is 1.38. The fourth-order valence-electron chi connectivity index (χ4n) is 2.08. The van der Waals surface area contributed by atoms with E-state index in [9.17, 15) is 14.9 Å². The summed E-state index contributed by atoms with van der Waals surface area (Å²) >= 11 is 3.38. The number of rotatable bonds is 6. The minimum absolute atomic E-state index is 0.0142. The highest BCUT2D eigenvalue weighted by Crippen LogP contribution is 2.31. The molecule has 8 heteroatoms. The molecule has 1 amide bonds. The van der Waals surface area contributed by atoms with E-state index in [1.54, 1.807) is 18.2 Å². The Labute approximate surface area is 153 Å². The molecule has 0 unspecified atom stereocenters. The topological polar surface area (TPSA) is 90.7 Å². The standard InChI is InChI=1S/C17H17BrN2O5/c1-10(2)25-15-7-4-11(8-13(15)18)17(21)19-14-6-5-12(20(22)23)9-16(14)24-3/h4-10H,1-3H3,(H,19,21). The summed E-state index contributed by atoms with van der Waals surface area (Å²) in [5.41, 5.74) is 0.632. The van der Waals surface area contributed by atoms with Crippen LogP contribution in [0.3, 0.4) is 0 Å². The Kier molecular flexibility index (Phi) is 5.97. The lowest BCUT2D eigenvalue weighted by Crippen LogP contribution is -2.13. The number of carbonyl (C=O) groups excluding carboxylic acids is 1. The van der Waals surface area contributed by atoms with Crippen LogP contribution in [0, 0.1) is 10.1 Å². The van der Waals surface area contributed by atoms with Crippen molar-refractivity contribution in [1.29, 1.82) is 0 Å². The fourth-order valence-corrected chi connectivity index (χ4v) is 2.56. The van der Waals surface area contributed by atoms with E-state index in [0.29, 0.717) is 21.5 Å². The molecule has 0 radical (unpaired) electrons. The van der Waals surface area contributed by atoms with Crippen LogP contribution in [0.15, 0.2) is 40.9 Å². The Morgan fingerprint density at radius 2 is 1.92 bits per heavy atom. The number of nitrogens with one attached hydrogen (secondary N) is 1. The maximum absolute atomic E-state index is 12.4. The monoisotopic (exact) mass is 408 g/mol. The molecule has 0 aliphatic heterocycles. The van der Waals surface area contributed by atoms with Crippen LogP contribution >= 0.6 is 15.9 Å². The molecule has 0 fully saturated rings.